The third-order valence-electron chi connectivity index (χ3n) is 3.31. The normalized spacial score (nSPS) is 22.1. The number of carbonyl (C=O) groups excluding carboxylic acids is 1. The number of hydrogen-bond acceptors (Lipinski definition) is 4. The smallest absolute Gasteiger partial charge is 0.257 e. The van der Waals surface area contributed by atoms with Gasteiger partial charge in [-0.15, -0.1) is 0 Å². The molecule has 0 bridgehead atoms. The Labute approximate surface area is 105 Å². The van der Waals surface area contributed by atoms with Crippen molar-refractivity contribution in [3.8, 4) is 11.5 Å². The van der Waals surface area contributed by atoms with E-state index >= 15 is 0 Å². The van der Waals surface area contributed by atoms with Gasteiger partial charge in [0.05, 0.1) is 5.56 Å². The number of para-hydroxylation sites is 1. The maximum absolute atomic E-state index is 12.4. The molecule has 0 spiro atoms. The topological polar surface area (TPSA) is 64.8 Å². The Bertz CT molecular complexity index is 475. The zero-order valence-corrected chi connectivity index (χ0v) is 10.1. The van der Waals surface area contributed by atoms with E-state index in [-0.39, 0.29) is 11.9 Å². The van der Waals surface area contributed by atoms with E-state index in [1.807, 2.05) is 12.1 Å². The monoisotopic (exact) mass is 248 g/mol. The summed E-state index contributed by atoms with van der Waals surface area (Å²) in [6.45, 7) is 2.34. The van der Waals surface area contributed by atoms with E-state index in [2.05, 4.69) is 0 Å². The predicted octanol–water partition coefficient (Wildman–Crippen LogP) is 0.631. The van der Waals surface area contributed by atoms with Crippen LogP contribution in [-0.4, -0.2) is 43.2 Å². The molecule has 2 N–H and O–H groups in total. The first-order chi connectivity index (χ1) is 8.75. The summed E-state index contributed by atoms with van der Waals surface area (Å²) >= 11 is 0. The van der Waals surface area contributed by atoms with Crippen LogP contribution in [0.4, 0.5) is 0 Å². The summed E-state index contributed by atoms with van der Waals surface area (Å²) < 4.78 is 11.0. The van der Waals surface area contributed by atoms with E-state index in [9.17, 15) is 4.79 Å². The number of benzene rings is 1. The maximum atomic E-state index is 12.4. The summed E-state index contributed by atoms with van der Waals surface area (Å²) in [4.78, 5) is 14.2. The maximum Gasteiger partial charge on any atom is 0.257 e. The van der Waals surface area contributed by atoms with Crippen molar-refractivity contribution in [2.75, 3.05) is 26.3 Å². The molecule has 96 valence electrons. The molecule has 1 aromatic rings. The number of hydrogen-bond donors (Lipinski definition) is 1. The number of nitrogens with zero attached hydrogens (tertiary/aromatic N) is 1. The number of rotatable bonds is 1. The van der Waals surface area contributed by atoms with Crippen molar-refractivity contribution < 1.29 is 14.3 Å². The highest BCUT2D eigenvalue weighted by atomic mass is 16.6. The molecule has 3 rings (SSSR count). The lowest BCUT2D eigenvalue weighted by atomic mass is 10.1. The molecule has 0 saturated carbocycles. The first-order valence-corrected chi connectivity index (χ1v) is 6.19. The molecule has 5 heteroatoms. The lowest BCUT2D eigenvalue weighted by molar-refractivity contribution is 0.0780. The highest BCUT2D eigenvalue weighted by molar-refractivity contribution is 5.98. The second-order valence-electron chi connectivity index (χ2n) is 4.63. The molecule has 1 saturated heterocycles. The van der Waals surface area contributed by atoms with E-state index in [0.29, 0.717) is 43.4 Å². The first kappa shape index (κ1) is 11.3. The Morgan fingerprint density at radius 2 is 2.17 bits per heavy atom. The largest absolute Gasteiger partial charge is 0.486 e. The van der Waals surface area contributed by atoms with Gasteiger partial charge in [0.15, 0.2) is 11.5 Å². The molecule has 1 atom stereocenters. The quantitative estimate of drug-likeness (QED) is 0.791. The van der Waals surface area contributed by atoms with Crippen LogP contribution in [0.25, 0.3) is 0 Å². The summed E-state index contributed by atoms with van der Waals surface area (Å²) in [7, 11) is 0. The Hall–Kier alpha value is -1.75. The fourth-order valence-corrected chi connectivity index (χ4v) is 2.38. The Kier molecular flexibility index (Phi) is 2.83. The van der Waals surface area contributed by atoms with Gasteiger partial charge in [-0.05, 0) is 18.6 Å². The van der Waals surface area contributed by atoms with Crippen LogP contribution < -0.4 is 15.2 Å². The molecule has 2 aliphatic rings. The van der Waals surface area contributed by atoms with Gasteiger partial charge >= 0.3 is 0 Å². The van der Waals surface area contributed by atoms with Gasteiger partial charge in [-0.1, -0.05) is 6.07 Å². The highest BCUT2D eigenvalue weighted by Gasteiger charge is 2.28. The molecule has 0 aromatic heterocycles. The van der Waals surface area contributed by atoms with Gasteiger partial charge < -0.3 is 20.1 Å². The van der Waals surface area contributed by atoms with Crippen LogP contribution in [0.1, 0.15) is 16.8 Å². The van der Waals surface area contributed by atoms with Crippen LogP contribution in [0, 0.1) is 0 Å². The highest BCUT2D eigenvalue weighted by Crippen LogP contribution is 2.34. The lowest BCUT2D eigenvalue weighted by Crippen LogP contribution is -2.32. The van der Waals surface area contributed by atoms with E-state index in [0.717, 1.165) is 6.42 Å². The Morgan fingerprint density at radius 1 is 1.33 bits per heavy atom. The predicted molar refractivity (Wildman–Crippen MR) is 65.9 cm³/mol. The van der Waals surface area contributed by atoms with Crippen LogP contribution in [0.5, 0.6) is 11.5 Å². The lowest BCUT2D eigenvalue weighted by Gasteiger charge is -2.23. The van der Waals surface area contributed by atoms with Crippen molar-refractivity contribution in [2.45, 2.75) is 12.5 Å². The second kappa shape index (κ2) is 4.49. The van der Waals surface area contributed by atoms with Crippen LogP contribution in [0.3, 0.4) is 0 Å². The molecule has 0 radical (unpaired) electrons. The van der Waals surface area contributed by atoms with Gasteiger partial charge in [-0.25, -0.2) is 0 Å². The number of fused-ring (bicyclic) bond motifs is 1. The summed E-state index contributed by atoms with van der Waals surface area (Å²) in [5.41, 5.74) is 6.40. The molecule has 1 aromatic carbocycles. The van der Waals surface area contributed by atoms with Gasteiger partial charge in [0.25, 0.3) is 5.91 Å². The minimum atomic E-state index is -0.0229. The minimum absolute atomic E-state index is 0.0229. The van der Waals surface area contributed by atoms with Crippen LogP contribution in [0.15, 0.2) is 18.2 Å². The van der Waals surface area contributed by atoms with Crippen molar-refractivity contribution in [3.05, 3.63) is 23.8 Å². The SMILES string of the molecule is N[C@H]1CCN(C(=O)c2cccc3c2OCCO3)C1. The van der Waals surface area contributed by atoms with E-state index in [1.165, 1.54) is 0 Å². The Balaban J connectivity index is 1.90. The van der Waals surface area contributed by atoms with Crippen molar-refractivity contribution >= 4 is 5.91 Å². The number of ether oxygens (including phenoxy) is 2. The van der Waals surface area contributed by atoms with Gasteiger partial charge in [-0.2, -0.15) is 0 Å². The zero-order valence-electron chi connectivity index (χ0n) is 10.1. The second-order valence-corrected chi connectivity index (χ2v) is 4.63. The third kappa shape index (κ3) is 1.90. The summed E-state index contributed by atoms with van der Waals surface area (Å²) in [5, 5.41) is 0. The average Bonchev–Trinajstić information content (AvgIpc) is 2.84. The fourth-order valence-electron chi connectivity index (χ4n) is 2.38. The number of carbonyl (C=O) groups is 1. The van der Waals surface area contributed by atoms with Gasteiger partial charge in [0.2, 0.25) is 0 Å². The van der Waals surface area contributed by atoms with E-state index in [4.69, 9.17) is 15.2 Å². The number of nitrogens with two attached hydrogens (primary N) is 1. The number of amides is 1. The molecule has 0 unspecified atom stereocenters. The minimum Gasteiger partial charge on any atom is -0.486 e. The summed E-state index contributed by atoms with van der Waals surface area (Å²) in [6.07, 6.45) is 0.859. The molecule has 2 heterocycles. The summed E-state index contributed by atoms with van der Waals surface area (Å²) in [5.74, 6) is 1.19. The zero-order chi connectivity index (χ0) is 12.5. The van der Waals surface area contributed by atoms with Crippen LogP contribution >= 0.6 is 0 Å². The van der Waals surface area contributed by atoms with E-state index in [1.54, 1.807) is 11.0 Å². The molecule has 2 aliphatic heterocycles. The van der Waals surface area contributed by atoms with Crippen molar-refractivity contribution in [1.82, 2.24) is 4.90 Å². The van der Waals surface area contributed by atoms with Crippen LogP contribution in [-0.2, 0) is 0 Å². The fraction of sp³-hybridized carbons (Fsp3) is 0.462. The molecular formula is C13H16N2O3. The molecule has 1 fully saturated rings. The third-order valence-corrected chi connectivity index (χ3v) is 3.31. The van der Waals surface area contributed by atoms with Crippen molar-refractivity contribution in [1.29, 1.82) is 0 Å². The van der Waals surface area contributed by atoms with Gasteiger partial charge in [0.1, 0.15) is 13.2 Å². The van der Waals surface area contributed by atoms with E-state index < -0.39 is 0 Å². The first-order valence-electron chi connectivity index (χ1n) is 6.19. The Morgan fingerprint density at radius 3 is 2.94 bits per heavy atom. The van der Waals surface area contributed by atoms with Crippen LogP contribution in [0.2, 0.25) is 0 Å². The van der Waals surface area contributed by atoms with Gasteiger partial charge in [0, 0.05) is 19.1 Å². The molecule has 0 aliphatic carbocycles. The molecule has 1 amide bonds. The van der Waals surface area contributed by atoms with Gasteiger partial charge in [-0.3, -0.25) is 4.79 Å². The van der Waals surface area contributed by atoms with Crippen molar-refractivity contribution in [2.24, 2.45) is 5.73 Å². The summed E-state index contributed by atoms with van der Waals surface area (Å²) in [6, 6.07) is 5.50. The molecule has 18 heavy (non-hydrogen) atoms. The molecule has 5 nitrogen and oxygen atoms in total. The molecular weight excluding hydrogens is 232 g/mol. The van der Waals surface area contributed by atoms with Crippen molar-refractivity contribution in [3.63, 3.8) is 0 Å². The number of likely N-dealkylation sites (tertiary alicyclic amines) is 1. The standard InChI is InChI=1S/C13H16N2O3/c14-9-4-5-15(8-9)13(16)10-2-1-3-11-12(10)18-7-6-17-11/h1-3,9H,4-8,14H2/t9-/m0/s1. The average molecular weight is 248 g/mol.